The molecule has 6 heteroatoms. The summed E-state index contributed by atoms with van der Waals surface area (Å²) in [5.41, 5.74) is 6.09. The summed E-state index contributed by atoms with van der Waals surface area (Å²) in [4.78, 5) is 19.4. The first kappa shape index (κ1) is 14.2. The third-order valence-electron chi connectivity index (χ3n) is 2.40. The number of hydrogen-bond donors (Lipinski definition) is 3. The molecule has 0 spiro atoms. The average molecular weight is 251 g/mol. The smallest absolute Gasteiger partial charge is 0.224 e. The molecule has 0 radical (unpaired) electrons. The summed E-state index contributed by atoms with van der Waals surface area (Å²) in [6, 6.07) is -0.0462. The number of anilines is 2. The van der Waals surface area contributed by atoms with Crippen LogP contribution in [0.4, 0.5) is 11.8 Å². The van der Waals surface area contributed by atoms with E-state index in [1.165, 1.54) is 0 Å². The molecule has 0 saturated heterocycles. The monoisotopic (exact) mass is 251 g/mol. The third-order valence-corrected chi connectivity index (χ3v) is 2.40. The van der Waals surface area contributed by atoms with Crippen LogP contribution in [-0.2, 0) is 4.79 Å². The molecule has 1 aromatic heterocycles. The van der Waals surface area contributed by atoms with E-state index in [1.807, 2.05) is 13.8 Å². The standard InChI is InChI=1S/C12H21N5O/c1-4-5-14-12-15-7-8(2)11(17-12)16-9(3)6-10(13)18/h7,9H,4-6H2,1-3H3,(H2,13,18)(H2,14,15,16,17). The van der Waals surface area contributed by atoms with Gasteiger partial charge in [0.05, 0.1) is 0 Å². The van der Waals surface area contributed by atoms with E-state index < -0.39 is 0 Å². The van der Waals surface area contributed by atoms with Crippen LogP contribution in [0.5, 0.6) is 0 Å². The molecule has 0 aliphatic heterocycles. The van der Waals surface area contributed by atoms with Gasteiger partial charge in [-0.25, -0.2) is 4.98 Å². The van der Waals surface area contributed by atoms with Crippen molar-refractivity contribution in [2.45, 2.75) is 39.7 Å². The van der Waals surface area contributed by atoms with Crippen LogP contribution in [0.1, 0.15) is 32.3 Å². The molecule has 1 rings (SSSR count). The van der Waals surface area contributed by atoms with Gasteiger partial charge < -0.3 is 16.4 Å². The van der Waals surface area contributed by atoms with Gasteiger partial charge in [0.15, 0.2) is 0 Å². The zero-order valence-electron chi connectivity index (χ0n) is 11.2. The van der Waals surface area contributed by atoms with Crippen LogP contribution >= 0.6 is 0 Å². The van der Waals surface area contributed by atoms with Gasteiger partial charge in [0, 0.05) is 30.8 Å². The lowest BCUT2D eigenvalue weighted by atomic mass is 10.2. The second-order valence-electron chi connectivity index (χ2n) is 4.37. The Morgan fingerprint density at radius 2 is 2.28 bits per heavy atom. The number of rotatable bonds is 7. The Balaban J connectivity index is 2.71. The van der Waals surface area contributed by atoms with Gasteiger partial charge in [-0.15, -0.1) is 0 Å². The number of nitrogens with two attached hydrogens (primary N) is 1. The topological polar surface area (TPSA) is 92.9 Å². The molecule has 1 atom stereocenters. The molecule has 0 aliphatic carbocycles. The number of hydrogen-bond acceptors (Lipinski definition) is 5. The first-order valence-electron chi connectivity index (χ1n) is 6.15. The molecule has 1 unspecified atom stereocenters. The second kappa shape index (κ2) is 6.78. The molecule has 0 saturated carbocycles. The SMILES string of the molecule is CCCNc1ncc(C)c(NC(C)CC(N)=O)n1. The van der Waals surface area contributed by atoms with Crippen molar-refractivity contribution in [2.24, 2.45) is 5.73 Å². The zero-order chi connectivity index (χ0) is 13.5. The minimum absolute atomic E-state index is 0.0462. The average Bonchev–Trinajstić information content (AvgIpc) is 2.29. The molecule has 0 aromatic carbocycles. The molecule has 1 aromatic rings. The zero-order valence-corrected chi connectivity index (χ0v) is 11.2. The molecular weight excluding hydrogens is 230 g/mol. The maximum atomic E-state index is 10.8. The van der Waals surface area contributed by atoms with Gasteiger partial charge in [-0.2, -0.15) is 4.98 Å². The van der Waals surface area contributed by atoms with E-state index in [1.54, 1.807) is 6.20 Å². The largest absolute Gasteiger partial charge is 0.370 e. The van der Waals surface area contributed by atoms with E-state index in [4.69, 9.17) is 5.73 Å². The third kappa shape index (κ3) is 4.57. The van der Waals surface area contributed by atoms with Crippen LogP contribution in [0, 0.1) is 6.92 Å². The first-order valence-corrected chi connectivity index (χ1v) is 6.15. The Kier molecular flexibility index (Phi) is 5.35. The summed E-state index contributed by atoms with van der Waals surface area (Å²) in [6.45, 7) is 6.73. The molecule has 6 nitrogen and oxygen atoms in total. The van der Waals surface area contributed by atoms with Crippen LogP contribution in [0.15, 0.2) is 6.20 Å². The molecule has 100 valence electrons. The van der Waals surface area contributed by atoms with Crippen molar-refractivity contribution in [3.05, 3.63) is 11.8 Å². The molecule has 0 bridgehead atoms. The van der Waals surface area contributed by atoms with Crippen LogP contribution in [-0.4, -0.2) is 28.5 Å². The van der Waals surface area contributed by atoms with Gasteiger partial charge in [0.2, 0.25) is 11.9 Å². The lowest BCUT2D eigenvalue weighted by Crippen LogP contribution is -2.25. The summed E-state index contributed by atoms with van der Waals surface area (Å²) in [6.07, 6.45) is 3.05. The van der Waals surface area contributed by atoms with E-state index in [0.717, 1.165) is 24.3 Å². The Hall–Kier alpha value is -1.85. The quantitative estimate of drug-likeness (QED) is 0.679. The van der Waals surface area contributed by atoms with Crippen molar-refractivity contribution in [1.29, 1.82) is 0 Å². The van der Waals surface area contributed by atoms with E-state index in [2.05, 4.69) is 27.5 Å². The maximum absolute atomic E-state index is 10.8. The normalized spacial score (nSPS) is 11.9. The first-order chi connectivity index (χ1) is 8.52. The van der Waals surface area contributed by atoms with Crippen LogP contribution in [0.2, 0.25) is 0 Å². The van der Waals surface area contributed by atoms with Gasteiger partial charge in [0.25, 0.3) is 0 Å². The fourth-order valence-electron chi connectivity index (χ4n) is 1.50. The highest BCUT2D eigenvalue weighted by atomic mass is 16.1. The number of carbonyl (C=O) groups is 1. The molecule has 0 fully saturated rings. The van der Waals surface area contributed by atoms with E-state index in [-0.39, 0.29) is 18.4 Å². The van der Waals surface area contributed by atoms with Crippen molar-refractivity contribution in [3.8, 4) is 0 Å². The highest BCUT2D eigenvalue weighted by molar-refractivity contribution is 5.74. The summed E-state index contributed by atoms with van der Waals surface area (Å²) in [5.74, 6) is 1.000. The van der Waals surface area contributed by atoms with E-state index in [9.17, 15) is 4.79 Å². The number of carbonyl (C=O) groups excluding carboxylic acids is 1. The van der Waals surface area contributed by atoms with Gasteiger partial charge in [-0.3, -0.25) is 4.79 Å². The minimum Gasteiger partial charge on any atom is -0.370 e. The van der Waals surface area contributed by atoms with Crippen LogP contribution in [0.25, 0.3) is 0 Å². The number of aryl methyl sites for hydroxylation is 1. The van der Waals surface area contributed by atoms with Crippen molar-refractivity contribution >= 4 is 17.7 Å². The van der Waals surface area contributed by atoms with Crippen molar-refractivity contribution in [1.82, 2.24) is 9.97 Å². The molecular formula is C12H21N5O. The van der Waals surface area contributed by atoms with Crippen LogP contribution in [0.3, 0.4) is 0 Å². The number of amides is 1. The van der Waals surface area contributed by atoms with Gasteiger partial charge in [-0.1, -0.05) is 6.92 Å². The fraction of sp³-hybridized carbons (Fsp3) is 0.583. The van der Waals surface area contributed by atoms with Crippen LogP contribution < -0.4 is 16.4 Å². The molecule has 0 aliphatic rings. The Morgan fingerprint density at radius 1 is 1.56 bits per heavy atom. The summed E-state index contributed by atoms with van der Waals surface area (Å²) < 4.78 is 0. The Morgan fingerprint density at radius 3 is 2.89 bits per heavy atom. The highest BCUT2D eigenvalue weighted by Gasteiger charge is 2.09. The molecule has 4 N–H and O–H groups in total. The van der Waals surface area contributed by atoms with Crippen molar-refractivity contribution in [3.63, 3.8) is 0 Å². The Labute approximate surface area is 107 Å². The maximum Gasteiger partial charge on any atom is 0.224 e. The predicted molar refractivity (Wildman–Crippen MR) is 72.4 cm³/mol. The number of aromatic nitrogens is 2. The fourth-order valence-corrected chi connectivity index (χ4v) is 1.50. The van der Waals surface area contributed by atoms with Gasteiger partial charge >= 0.3 is 0 Å². The van der Waals surface area contributed by atoms with Crippen molar-refractivity contribution < 1.29 is 4.79 Å². The molecule has 1 heterocycles. The van der Waals surface area contributed by atoms with E-state index >= 15 is 0 Å². The lowest BCUT2D eigenvalue weighted by Gasteiger charge is -2.15. The summed E-state index contributed by atoms with van der Waals surface area (Å²) >= 11 is 0. The lowest BCUT2D eigenvalue weighted by molar-refractivity contribution is -0.118. The van der Waals surface area contributed by atoms with Gasteiger partial charge in [-0.05, 0) is 20.3 Å². The number of nitrogens with one attached hydrogen (secondary N) is 2. The number of nitrogens with zero attached hydrogens (tertiary/aromatic N) is 2. The minimum atomic E-state index is -0.328. The van der Waals surface area contributed by atoms with Crippen molar-refractivity contribution in [2.75, 3.05) is 17.2 Å². The molecule has 18 heavy (non-hydrogen) atoms. The summed E-state index contributed by atoms with van der Waals surface area (Å²) in [7, 11) is 0. The Bertz CT molecular complexity index is 407. The second-order valence-corrected chi connectivity index (χ2v) is 4.37. The number of primary amides is 1. The summed E-state index contributed by atoms with van der Waals surface area (Å²) in [5, 5.41) is 6.29. The predicted octanol–water partition coefficient (Wildman–Crippen LogP) is 1.28. The van der Waals surface area contributed by atoms with Gasteiger partial charge in [0.1, 0.15) is 5.82 Å². The highest BCUT2D eigenvalue weighted by Crippen LogP contribution is 2.14. The van der Waals surface area contributed by atoms with E-state index in [0.29, 0.717) is 5.95 Å². The molecule has 1 amide bonds.